The van der Waals surface area contributed by atoms with Crippen LogP contribution in [-0.4, -0.2) is 54.5 Å². The highest BCUT2D eigenvalue weighted by Gasteiger charge is 2.30. The second-order valence-electron chi connectivity index (χ2n) is 6.25. The van der Waals surface area contributed by atoms with E-state index in [1.807, 2.05) is 42.3 Å². The number of carbonyl (C=O) groups is 1. The molecule has 3 atom stereocenters. The molecule has 1 fully saturated rings. The number of nitrogens with zero attached hydrogens (tertiary/aromatic N) is 2. The topological polar surface area (TPSA) is 49.6 Å². The van der Waals surface area contributed by atoms with Crippen molar-refractivity contribution < 1.29 is 4.79 Å². The summed E-state index contributed by atoms with van der Waals surface area (Å²) in [5, 5.41) is 0. The summed E-state index contributed by atoms with van der Waals surface area (Å²) in [4.78, 5) is 16.7. The van der Waals surface area contributed by atoms with Gasteiger partial charge in [-0.1, -0.05) is 30.3 Å². The Morgan fingerprint density at radius 3 is 2.71 bits per heavy atom. The molecule has 1 aromatic carbocycles. The Hall–Kier alpha value is -1.39. The molecular formula is C17H27N3O. The molecule has 2 N–H and O–H groups in total. The van der Waals surface area contributed by atoms with Gasteiger partial charge in [-0.3, -0.25) is 4.79 Å². The van der Waals surface area contributed by atoms with E-state index >= 15 is 0 Å². The van der Waals surface area contributed by atoms with Crippen LogP contribution in [-0.2, 0) is 11.2 Å². The maximum atomic E-state index is 12.5. The SMILES string of the molecule is CC1CC(N(C)C(=O)C(N)Cc2ccccc2)CCN1C. The van der Waals surface area contributed by atoms with Gasteiger partial charge in [0.05, 0.1) is 6.04 Å². The van der Waals surface area contributed by atoms with Crippen LogP contribution >= 0.6 is 0 Å². The molecule has 0 aromatic heterocycles. The molecular weight excluding hydrogens is 262 g/mol. The highest BCUT2D eigenvalue weighted by molar-refractivity contribution is 5.82. The Bertz CT molecular complexity index is 462. The van der Waals surface area contributed by atoms with Gasteiger partial charge in [0.25, 0.3) is 0 Å². The van der Waals surface area contributed by atoms with Crippen molar-refractivity contribution >= 4 is 5.91 Å². The van der Waals surface area contributed by atoms with Gasteiger partial charge in [-0.05, 0) is 38.8 Å². The first-order valence-corrected chi connectivity index (χ1v) is 7.75. The van der Waals surface area contributed by atoms with Crippen LogP contribution in [0.25, 0.3) is 0 Å². The molecule has 4 nitrogen and oxygen atoms in total. The molecule has 116 valence electrons. The van der Waals surface area contributed by atoms with Crippen molar-refractivity contribution in [2.24, 2.45) is 5.73 Å². The van der Waals surface area contributed by atoms with Gasteiger partial charge in [0.15, 0.2) is 0 Å². The molecule has 1 aliphatic heterocycles. The number of nitrogens with two attached hydrogens (primary N) is 1. The maximum Gasteiger partial charge on any atom is 0.239 e. The summed E-state index contributed by atoms with van der Waals surface area (Å²) in [5.41, 5.74) is 7.23. The highest BCUT2D eigenvalue weighted by atomic mass is 16.2. The minimum atomic E-state index is -0.452. The van der Waals surface area contributed by atoms with Crippen molar-refractivity contribution in [3.63, 3.8) is 0 Å². The molecule has 21 heavy (non-hydrogen) atoms. The van der Waals surface area contributed by atoms with E-state index in [2.05, 4.69) is 18.9 Å². The van der Waals surface area contributed by atoms with Gasteiger partial charge in [0.1, 0.15) is 0 Å². The molecule has 1 aliphatic rings. The number of piperidine rings is 1. The summed E-state index contributed by atoms with van der Waals surface area (Å²) in [7, 11) is 4.04. The average Bonchev–Trinajstić information content (AvgIpc) is 2.49. The molecule has 1 amide bonds. The number of rotatable bonds is 4. The minimum absolute atomic E-state index is 0.0561. The van der Waals surface area contributed by atoms with Crippen molar-refractivity contribution in [1.29, 1.82) is 0 Å². The Kier molecular flexibility index (Phi) is 5.37. The number of carbonyl (C=O) groups excluding carboxylic acids is 1. The predicted octanol–water partition coefficient (Wildman–Crippen LogP) is 1.50. The van der Waals surface area contributed by atoms with Crippen LogP contribution in [0.4, 0.5) is 0 Å². The van der Waals surface area contributed by atoms with E-state index in [1.54, 1.807) is 0 Å². The zero-order valence-corrected chi connectivity index (χ0v) is 13.3. The van der Waals surface area contributed by atoms with Crippen molar-refractivity contribution in [2.75, 3.05) is 20.6 Å². The molecule has 4 heteroatoms. The Balaban J connectivity index is 1.92. The van der Waals surface area contributed by atoms with E-state index in [-0.39, 0.29) is 5.91 Å². The maximum absolute atomic E-state index is 12.5. The second kappa shape index (κ2) is 7.05. The van der Waals surface area contributed by atoms with Crippen LogP contribution in [0.15, 0.2) is 30.3 Å². The molecule has 2 rings (SSSR count). The van der Waals surface area contributed by atoms with E-state index in [0.29, 0.717) is 18.5 Å². The first-order chi connectivity index (χ1) is 9.99. The fraction of sp³-hybridized carbons (Fsp3) is 0.588. The van der Waals surface area contributed by atoms with Gasteiger partial charge in [-0.25, -0.2) is 0 Å². The Labute approximate surface area is 127 Å². The number of likely N-dealkylation sites (tertiary alicyclic amines) is 1. The average molecular weight is 289 g/mol. The molecule has 3 unspecified atom stereocenters. The van der Waals surface area contributed by atoms with E-state index in [4.69, 9.17) is 5.73 Å². The van der Waals surface area contributed by atoms with E-state index < -0.39 is 6.04 Å². The van der Waals surface area contributed by atoms with E-state index in [1.165, 1.54) is 0 Å². The summed E-state index contributed by atoms with van der Waals surface area (Å²) in [6.07, 6.45) is 2.66. The Morgan fingerprint density at radius 2 is 2.10 bits per heavy atom. The van der Waals surface area contributed by atoms with Gasteiger partial charge in [0, 0.05) is 25.7 Å². The summed E-state index contributed by atoms with van der Waals surface area (Å²) in [6.45, 7) is 3.26. The second-order valence-corrected chi connectivity index (χ2v) is 6.25. The van der Waals surface area contributed by atoms with Crippen LogP contribution in [0, 0.1) is 0 Å². The van der Waals surface area contributed by atoms with Crippen LogP contribution in [0.3, 0.4) is 0 Å². The van der Waals surface area contributed by atoms with Crippen LogP contribution in [0.2, 0.25) is 0 Å². The normalized spacial score (nSPS) is 24.6. The van der Waals surface area contributed by atoms with Gasteiger partial charge in [0.2, 0.25) is 5.91 Å². The van der Waals surface area contributed by atoms with E-state index in [9.17, 15) is 4.79 Å². The number of hydrogen-bond acceptors (Lipinski definition) is 3. The van der Waals surface area contributed by atoms with Crippen molar-refractivity contribution in [3.8, 4) is 0 Å². The van der Waals surface area contributed by atoms with Crippen molar-refractivity contribution in [2.45, 2.75) is 44.3 Å². The standard InChI is InChI=1S/C17H27N3O/c1-13-11-15(9-10-19(13)2)20(3)17(21)16(18)12-14-7-5-4-6-8-14/h4-8,13,15-16H,9-12,18H2,1-3H3. The van der Waals surface area contributed by atoms with Crippen LogP contribution in [0.5, 0.6) is 0 Å². The number of amides is 1. The van der Waals surface area contributed by atoms with E-state index in [0.717, 1.165) is 24.9 Å². The number of hydrogen-bond donors (Lipinski definition) is 1. The number of likely N-dealkylation sites (N-methyl/N-ethyl adjacent to an activating group) is 1. The third-order valence-corrected chi connectivity index (χ3v) is 4.69. The zero-order chi connectivity index (χ0) is 15.4. The van der Waals surface area contributed by atoms with Crippen molar-refractivity contribution in [3.05, 3.63) is 35.9 Å². The summed E-state index contributed by atoms with van der Waals surface area (Å²) >= 11 is 0. The molecule has 0 saturated carbocycles. The van der Waals surface area contributed by atoms with Gasteiger partial charge in [-0.15, -0.1) is 0 Å². The van der Waals surface area contributed by atoms with Crippen molar-refractivity contribution in [1.82, 2.24) is 9.80 Å². The lowest BCUT2D eigenvalue weighted by atomic mass is 9.96. The van der Waals surface area contributed by atoms with Crippen LogP contribution in [0.1, 0.15) is 25.3 Å². The molecule has 0 bridgehead atoms. The smallest absolute Gasteiger partial charge is 0.239 e. The number of benzene rings is 1. The molecule has 1 heterocycles. The summed E-state index contributed by atoms with van der Waals surface area (Å²) in [5.74, 6) is 0.0561. The highest BCUT2D eigenvalue weighted by Crippen LogP contribution is 2.20. The molecule has 0 aliphatic carbocycles. The quantitative estimate of drug-likeness (QED) is 0.914. The fourth-order valence-corrected chi connectivity index (χ4v) is 3.01. The predicted molar refractivity (Wildman–Crippen MR) is 86.0 cm³/mol. The van der Waals surface area contributed by atoms with Gasteiger partial charge >= 0.3 is 0 Å². The molecule has 0 spiro atoms. The lowest BCUT2D eigenvalue weighted by Crippen LogP contribution is -2.52. The van der Waals surface area contributed by atoms with Crippen LogP contribution < -0.4 is 5.73 Å². The minimum Gasteiger partial charge on any atom is -0.341 e. The zero-order valence-electron chi connectivity index (χ0n) is 13.3. The largest absolute Gasteiger partial charge is 0.341 e. The molecule has 0 radical (unpaired) electrons. The summed E-state index contributed by atoms with van der Waals surface area (Å²) < 4.78 is 0. The summed E-state index contributed by atoms with van der Waals surface area (Å²) in [6, 6.07) is 10.4. The monoisotopic (exact) mass is 289 g/mol. The molecule has 1 saturated heterocycles. The third-order valence-electron chi connectivity index (χ3n) is 4.69. The molecule has 1 aromatic rings. The lowest BCUT2D eigenvalue weighted by molar-refractivity contribution is -0.134. The first kappa shape index (κ1) is 16.0. The fourth-order valence-electron chi connectivity index (χ4n) is 3.01. The first-order valence-electron chi connectivity index (χ1n) is 7.75. The van der Waals surface area contributed by atoms with Gasteiger partial charge in [-0.2, -0.15) is 0 Å². The lowest BCUT2D eigenvalue weighted by Gasteiger charge is -2.40. The Morgan fingerprint density at radius 1 is 1.43 bits per heavy atom. The third kappa shape index (κ3) is 4.05. The van der Waals surface area contributed by atoms with Gasteiger partial charge < -0.3 is 15.5 Å².